The second-order valence-corrected chi connectivity index (χ2v) is 7.09. The fraction of sp³-hybridized carbons (Fsp3) is 0.350. The Bertz CT molecular complexity index is 659. The number of rotatable bonds is 10. The van der Waals surface area contributed by atoms with Gasteiger partial charge in [0.05, 0.1) is 13.2 Å². The predicted molar refractivity (Wildman–Crippen MR) is 112 cm³/mol. The van der Waals surface area contributed by atoms with Gasteiger partial charge < -0.3 is 15.4 Å². The van der Waals surface area contributed by atoms with E-state index >= 15 is 0 Å². The molecule has 0 spiro atoms. The summed E-state index contributed by atoms with van der Waals surface area (Å²) in [6.45, 7) is 3.15. The third kappa shape index (κ3) is 7.77. The highest BCUT2D eigenvalue weighted by Crippen LogP contribution is 2.18. The van der Waals surface area contributed by atoms with Crippen LogP contribution >= 0.6 is 22.6 Å². The molecule has 4 nitrogen and oxygen atoms in total. The molecule has 2 N–H and O–H groups in total. The molecule has 25 heavy (non-hydrogen) atoms. The summed E-state index contributed by atoms with van der Waals surface area (Å²) < 4.78 is 6.90. The Morgan fingerprint density at radius 2 is 1.84 bits per heavy atom. The Kier molecular flexibility index (Phi) is 8.59. The average Bonchev–Trinajstić information content (AvgIpc) is 2.62. The van der Waals surface area contributed by atoms with Gasteiger partial charge in [-0.15, -0.1) is 0 Å². The third-order valence-electron chi connectivity index (χ3n) is 3.68. The van der Waals surface area contributed by atoms with Gasteiger partial charge in [-0.1, -0.05) is 32.3 Å². The van der Waals surface area contributed by atoms with Crippen molar-refractivity contribution in [2.24, 2.45) is 0 Å². The topological polar surface area (TPSA) is 50.4 Å². The quantitative estimate of drug-likeness (QED) is 0.380. The van der Waals surface area contributed by atoms with Crippen LogP contribution in [0.5, 0.6) is 5.75 Å². The van der Waals surface area contributed by atoms with Crippen molar-refractivity contribution in [1.29, 1.82) is 0 Å². The van der Waals surface area contributed by atoms with Gasteiger partial charge in [-0.25, -0.2) is 0 Å². The summed E-state index contributed by atoms with van der Waals surface area (Å²) in [7, 11) is 0. The van der Waals surface area contributed by atoms with Gasteiger partial charge in [0, 0.05) is 21.0 Å². The maximum absolute atomic E-state index is 12.0. The molecule has 0 bridgehead atoms. The van der Waals surface area contributed by atoms with Crippen molar-refractivity contribution in [3.8, 4) is 5.75 Å². The third-order valence-corrected chi connectivity index (χ3v) is 4.40. The lowest BCUT2D eigenvalue weighted by atomic mass is 10.2. The maximum atomic E-state index is 12.0. The number of unbranched alkanes of at least 4 members (excludes halogenated alkanes) is 3. The number of benzene rings is 2. The van der Waals surface area contributed by atoms with Gasteiger partial charge in [0.2, 0.25) is 5.91 Å². The van der Waals surface area contributed by atoms with Gasteiger partial charge in [0.25, 0.3) is 0 Å². The van der Waals surface area contributed by atoms with E-state index in [4.69, 9.17) is 4.74 Å². The van der Waals surface area contributed by atoms with E-state index in [1.165, 1.54) is 19.3 Å². The van der Waals surface area contributed by atoms with E-state index in [0.29, 0.717) is 0 Å². The van der Waals surface area contributed by atoms with Crippen LogP contribution in [0.3, 0.4) is 0 Å². The number of carbonyl (C=O) groups excluding carboxylic acids is 1. The average molecular weight is 452 g/mol. The Morgan fingerprint density at radius 1 is 1.04 bits per heavy atom. The fourth-order valence-corrected chi connectivity index (χ4v) is 2.70. The SMILES string of the molecule is CCCCCCOc1cccc(NCC(=O)Nc2ccc(I)cc2)c1. The van der Waals surface area contributed by atoms with Crippen LogP contribution in [0.25, 0.3) is 0 Å². The molecular formula is C20H25IN2O2. The second kappa shape index (κ2) is 11.0. The first kappa shape index (κ1) is 19.6. The molecule has 0 aliphatic rings. The Balaban J connectivity index is 1.75. The van der Waals surface area contributed by atoms with Crippen LogP contribution in [0.4, 0.5) is 11.4 Å². The molecule has 5 heteroatoms. The zero-order valence-electron chi connectivity index (χ0n) is 14.6. The van der Waals surface area contributed by atoms with Crippen LogP contribution in [0.15, 0.2) is 48.5 Å². The summed E-state index contributed by atoms with van der Waals surface area (Å²) in [6, 6.07) is 15.5. The molecule has 2 rings (SSSR count). The van der Waals surface area contributed by atoms with E-state index in [1.54, 1.807) is 0 Å². The van der Waals surface area contributed by atoms with Gasteiger partial charge in [-0.3, -0.25) is 4.79 Å². The molecular weight excluding hydrogens is 427 g/mol. The first-order valence-electron chi connectivity index (χ1n) is 8.69. The van der Waals surface area contributed by atoms with Crippen molar-refractivity contribution in [3.63, 3.8) is 0 Å². The van der Waals surface area contributed by atoms with Crippen molar-refractivity contribution in [3.05, 3.63) is 52.1 Å². The Hall–Kier alpha value is -1.76. The summed E-state index contributed by atoms with van der Waals surface area (Å²) >= 11 is 2.24. The summed E-state index contributed by atoms with van der Waals surface area (Å²) in [5.74, 6) is 0.756. The molecule has 0 radical (unpaired) electrons. The van der Waals surface area contributed by atoms with E-state index in [2.05, 4.69) is 40.1 Å². The van der Waals surface area contributed by atoms with Crippen molar-refractivity contribution in [2.45, 2.75) is 32.6 Å². The molecule has 2 aromatic rings. The lowest BCUT2D eigenvalue weighted by molar-refractivity contribution is -0.114. The van der Waals surface area contributed by atoms with E-state index < -0.39 is 0 Å². The normalized spacial score (nSPS) is 10.3. The minimum absolute atomic E-state index is 0.0768. The number of carbonyl (C=O) groups is 1. The van der Waals surface area contributed by atoms with E-state index in [0.717, 1.165) is 33.7 Å². The van der Waals surface area contributed by atoms with Crippen molar-refractivity contribution < 1.29 is 9.53 Å². The monoisotopic (exact) mass is 452 g/mol. The largest absolute Gasteiger partial charge is 0.494 e. The van der Waals surface area contributed by atoms with Gasteiger partial charge in [0.15, 0.2) is 0 Å². The minimum atomic E-state index is -0.0768. The lowest BCUT2D eigenvalue weighted by Crippen LogP contribution is -2.21. The molecule has 0 saturated heterocycles. The van der Waals surface area contributed by atoms with Crippen LogP contribution in [-0.2, 0) is 4.79 Å². The molecule has 0 aliphatic heterocycles. The lowest BCUT2D eigenvalue weighted by Gasteiger charge is -2.10. The number of anilines is 2. The van der Waals surface area contributed by atoms with Crippen LogP contribution in [0.2, 0.25) is 0 Å². The van der Waals surface area contributed by atoms with Crippen LogP contribution < -0.4 is 15.4 Å². The highest BCUT2D eigenvalue weighted by Gasteiger charge is 2.03. The van der Waals surface area contributed by atoms with Crippen LogP contribution in [-0.4, -0.2) is 19.1 Å². The summed E-state index contributed by atoms with van der Waals surface area (Å²) in [5, 5.41) is 6.01. The molecule has 2 aromatic carbocycles. The second-order valence-electron chi connectivity index (χ2n) is 5.85. The fourth-order valence-electron chi connectivity index (χ4n) is 2.34. The number of amides is 1. The summed E-state index contributed by atoms with van der Waals surface area (Å²) in [6.07, 6.45) is 4.75. The molecule has 0 heterocycles. The standard InChI is InChI=1S/C20H25IN2O2/c1-2-3-4-5-13-25-19-8-6-7-18(14-19)22-15-20(24)23-17-11-9-16(21)10-12-17/h6-12,14,22H,2-5,13,15H2,1H3,(H,23,24). The maximum Gasteiger partial charge on any atom is 0.243 e. The molecule has 1 amide bonds. The highest BCUT2D eigenvalue weighted by molar-refractivity contribution is 14.1. The van der Waals surface area contributed by atoms with E-state index in [1.807, 2.05) is 48.5 Å². The Labute approximate surface area is 163 Å². The predicted octanol–water partition coefficient (Wildman–Crippen LogP) is 5.30. The van der Waals surface area contributed by atoms with Gasteiger partial charge >= 0.3 is 0 Å². The van der Waals surface area contributed by atoms with Crippen LogP contribution in [0.1, 0.15) is 32.6 Å². The number of ether oxygens (including phenoxy) is 1. The van der Waals surface area contributed by atoms with E-state index in [-0.39, 0.29) is 12.5 Å². The molecule has 0 atom stereocenters. The zero-order valence-corrected chi connectivity index (χ0v) is 16.7. The Morgan fingerprint density at radius 3 is 2.60 bits per heavy atom. The van der Waals surface area contributed by atoms with Crippen LogP contribution in [0, 0.1) is 3.57 Å². The number of nitrogens with one attached hydrogen (secondary N) is 2. The molecule has 0 aromatic heterocycles. The van der Waals surface area contributed by atoms with Gasteiger partial charge in [-0.05, 0) is 65.4 Å². The zero-order chi connectivity index (χ0) is 17.9. The number of hydrogen-bond donors (Lipinski definition) is 2. The van der Waals surface area contributed by atoms with Crippen molar-refractivity contribution in [1.82, 2.24) is 0 Å². The van der Waals surface area contributed by atoms with Gasteiger partial charge in [0.1, 0.15) is 5.75 Å². The minimum Gasteiger partial charge on any atom is -0.494 e. The number of hydrogen-bond acceptors (Lipinski definition) is 3. The first-order valence-corrected chi connectivity index (χ1v) is 9.77. The molecule has 0 saturated carbocycles. The van der Waals surface area contributed by atoms with E-state index in [9.17, 15) is 4.79 Å². The summed E-state index contributed by atoms with van der Waals surface area (Å²) in [4.78, 5) is 12.0. The summed E-state index contributed by atoms with van der Waals surface area (Å²) in [5.41, 5.74) is 1.68. The highest BCUT2D eigenvalue weighted by atomic mass is 127. The van der Waals surface area contributed by atoms with Crippen molar-refractivity contribution in [2.75, 3.05) is 23.8 Å². The number of halogens is 1. The first-order chi connectivity index (χ1) is 12.2. The van der Waals surface area contributed by atoms with Crippen molar-refractivity contribution >= 4 is 39.9 Å². The molecule has 134 valence electrons. The smallest absolute Gasteiger partial charge is 0.243 e. The molecule has 0 fully saturated rings. The van der Waals surface area contributed by atoms with Gasteiger partial charge in [-0.2, -0.15) is 0 Å². The molecule has 0 unspecified atom stereocenters. The molecule has 0 aliphatic carbocycles.